The smallest absolute Gasteiger partial charge is 0.245 e. The molecule has 4 amide bonds. The van der Waals surface area contributed by atoms with Crippen molar-refractivity contribution in [2.45, 2.75) is 199 Å². The van der Waals surface area contributed by atoms with Gasteiger partial charge in [0.15, 0.2) is 10.2 Å². The van der Waals surface area contributed by atoms with Crippen molar-refractivity contribution in [1.29, 1.82) is 0 Å². The first kappa shape index (κ1) is 121. The van der Waals surface area contributed by atoms with Crippen LogP contribution in [0.4, 0.5) is 0 Å². The summed E-state index contributed by atoms with van der Waals surface area (Å²) in [7, 11) is 0. The molecule has 730 valence electrons. The predicted octanol–water partition coefficient (Wildman–Crippen LogP) is 15.5. The second kappa shape index (κ2) is 78.8. The summed E-state index contributed by atoms with van der Waals surface area (Å²) in [6, 6.07) is 99.9. The number of amides is 4. The molecule has 0 aliphatic rings. The number of benzene rings is 10. The van der Waals surface area contributed by atoms with E-state index in [0.717, 1.165) is 108 Å². The van der Waals surface area contributed by atoms with Crippen molar-refractivity contribution in [3.63, 3.8) is 0 Å². The van der Waals surface area contributed by atoms with Gasteiger partial charge in [-0.15, -0.1) is 0 Å². The maximum Gasteiger partial charge on any atom is 0.245 e. The fraction of sp³-hybridized carbons (Fsp3) is 0.377. The van der Waals surface area contributed by atoms with E-state index < -0.39 is 5.91 Å². The normalized spacial score (nSPS) is 12.4. The zero-order valence-corrected chi connectivity index (χ0v) is 83.3. The predicted molar refractivity (Wildman–Crippen MR) is 565 cm³/mol. The Kier molecular flexibility index (Phi) is 71.0. The first-order valence-corrected chi connectivity index (χ1v) is 49.2. The molecule has 0 aliphatic carbocycles. The average molecular weight is 1930 g/mol. The molecule has 0 spiro atoms. The van der Waals surface area contributed by atoms with Gasteiger partial charge in [-0.25, -0.2) is 21.1 Å². The first-order valence-electron chi connectivity index (χ1n) is 45.4. The van der Waals surface area contributed by atoms with E-state index in [0.29, 0.717) is 82.6 Å². The molecule has 0 radical (unpaired) electrons. The van der Waals surface area contributed by atoms with Crippen LogP contribution in [0.5, 0.6) is 0 Å². The Labute approximate surface area is 823 Å². The van der Waals surface area contributed by atoms with E-state index in [2.05, 4.69) is 120 Å². The lowest BCUT2D eigenvalue weighted by atomic mass is 10.0. The number of carbonyl (C=O) groups excluding carboxylic acids is 6. The van der Waals surface area contributed by atoms with Gasteiger partial charge in [0.05, 0.1) is 19.7 Å². The van der Waals surface area contributed by atoms with Gasteiger partial charge in [-0.1, -0.05) is 355 Å². The van der Waals surface area contributed by atoms with Gasteiger partial charge >= 0.3 is 0 Å². The molecule has 10 aromatic rings. The van der Waals surface area contributed by atoms with E-state index in [9.17, 15) is 28.8 Å². The van der Waals surface area contributed by atoms with Gasteiger partial charge in [0.2, 0.25) is 24.6 Å². The van der Waals surface area contributed by atoms with Gasteiger partial charge in [0.25, 0.3) is 0 Å². The molecule has 0 saturated heterocycles. The Bertz CT molecular complexity index is 4460. The summed E-state index contributed by atoms with van der Waals surface area (Å²) in [6.07, 6.45) is 11.3. The summed E-state index contributed by atoms with van der Waals surface area (Å²) in [5.41, 5.74) is 68.3. The molecule has 9 atom stereocenters. The lowest BCUT2D eigenvalue weighted by Gasteiger charge is -2.22. The van der Waals surface area contributed by atoms with E-state index in [1.165, 1.54) is 55.9 Å². The zero-order valence-electron chi connectivity index (χ0n) is 79.0. The number of thioether (sulfide) groups is 2. The number of rotatable bonds is 46. The van der Waals surface area contributed by atoms with Crippen molar-refractivity contribution < 1.29 is 48.5 Å². The Morgan fingerprint density at radius 2 is 0.582 bits per heavy atom. The van der Waals surface area contributed by atoms with Crippen LogP contribution in [0.3, 0.4) is 0 Å². The molecule has 9 unspecified atom stereocenters. The van der Waals surface area contributed by atoms with Gasteiger partial charge in [-0.2, -0.15) is 37.9 Å². The molecule has 10 aromatic carbocycles. The Balaban J connectivity index is 0.000000515. The summed E-state index contributed by atoms with van der Waals surface area (Å²) in [5.74, 6) is 4.43. The largest absolute Gasteiger partial charge is 0.327 e. The third kappa shape index (κ3) is 68.6. The number of hydrogen-bond acceptors (Lipinski definition) is 24. The average Bonchev–Trinajstić information content (AvgIpc) is 0.909. The van der Waals surface area contributed by atoms with Gasteiger partial charge in [-0.3, -0.25) is 48.5 Å². The fourth-order valence-corrected chi connectivity index (χ4v) is 14.5. The first-order chi connectivity index (χ1) is 64.5. The molecule has 0 saturated carbocycles. The number of nitrogens with two attached hydrogens (primary N) is 9. The van der Waals surface area contributed by atoms with Crippen LogP contribution in [0, 0.1) is 11.8 Å². The third-order valence-electron chi connectivity index (χ3n) is 19.0. The highest BCUT2D eigenvalue weighted by Crippen LogP contribution is 2.15. The molecule has 21 N–H and O–H groups in total. The number of thiol groups is 3. The molecule has 0 aromatic heterocycles. The minimum Gasteiger partial charge on any atom is -0.327 e. The molecule has 0 aliphatic heterocycles. The highest BCUT2D eigenvalue weighted by Gasteiger charge is 2.16. The molecule has 134 heavy (non-hydrogen) atoms. The number of hydrogen-bond donors (Lipinski definition) is 15. The van der Waals surface area contributed by atoms with E-state index in [1.807, 2.05) is 255 Å². The summed E-state index contributed by atoms with van der Waals surface area (Å²) in [4.78, 5) is 81.8. The topological polar surface area (TPSA) is 415 Å². The fourth-order valence-electron chi connectivity index (χ4n) is 12.6. The second-order valence-corrected chi connectivity index (χ2v) is 36.6. The van der Waals surface area contributed by atoms with Crippen molar-refractivity contribution in [2.75, 3.05) is 41.9 Å². The molecule has 28 heteroatoms. The lowest BCUT2D eigenvalue weighted by Crippen LogP contribution is -2.38. The van der Waals surface area contributed by atoms with Crippen LogP contribution < -0.4 is 62.6 Å². The zero-order chi connectivity index (χ0) is 98.6. The van der Waals surface area contributed by atoms with Crippen molar-refractivity contribution in [3.8, 4) is 0 Å². The highest BCUT2D eigenvalue weighted by molar-refractivity contribution is 8.13. The summed E-state index contributed by atoms with van der Waals surface area (Å²) in [6.45, 7) is 13.5. The molecule has 23 nitrogen and oxygen atoms in total. The van der Waals surface area contributed by atoms with Crippen LogP contribution in [0.25, 0.3) is 0 Å². The van der Waals surface area contributed by atoms with E-state index in [4.69, 9.17) is 71.3 Å². The lowest BCUT2D eigenvalue weighted by molar-refractivity contribution is -0.179. The number of nitrogens with one attached hydrogen (secondary N) is 2. The number of carbonyl (C=O) groups is 6. The van der Waals surface area contributed by atoms with Crippen molar-refractivity contribution >= 4 is 96.3 Å². The maximum absolute atomic E-state index is 11.7. The monoisotopic (exact) mass is 1930 g/mol. The summed E-state index contributed by atoms with van der Waals surface area (Å²) in [5, 5.41) is 11.1. The van der Waals surface area contributed by atoms with Crippen LogP contribution >= 0.6 is 61.4 Å². The van der Waals surface area contributed by atoms with E-state index >= 15 is 0 Å². The third-order valence-corrected chi connectivity index (χ3v) is 22.0. The molecular formula is C106H151N13O10S5. The van der Waals surface area contributed by atoms with E-state index in [1.54, 1.807) is 19.3 Å². The summed E-state index contributed by atoms with van der Waals surface area (Å²) >= 11 is 15.0. The minimum absolute atomic E-state index is 0.0500. The van der Waals surface area contributed by atoms with Crippen molar-refractivity contribution in [2.24, 2.45) is 63.4 Å². The van der Waals surface area contributed by atoms with Crippen LogP contribution in [0.15, 0.2) is 303 Å². The molecule has 0 bridgehead atoms. The second-order valence-electron chi connectivity index (χ2n) is 32.9. The van der Waals surface area contributed by atoms with Crippen LogP contribution in [0.1, 0.15) is 136 Å². The van der Waals surface area contributed by atoms with Gasteiger partial charge in [-0.05, 0) is 150 Å². The molecule has 10 rings (SSSR count). The van der Waals surface area contributed by atoms with Gasteiger partial charge in [0.1, 0.15) is 13.2 Å². The maximum atomic E-state index is 11.7. The number of hydroxylamine groups is 6. The van der Waals surface area contributed by atoms with Gasteiger partial charge < -0.3 is 51.6 Å². The highest BCUT2D eigenvalue weighted by atomic mass is 32.2. The van der Waals surface area contributed by atoms with Crippen LogP contribution in [0.2, 0.25) is 0 Å². The van der Waals surface area contributed by atoms with Gasteiger partial charge in [0, 0.05) is 98.3 Å². The minimum atomic E-state index is -0.451. The standard InChI is InChI=1S/2C17H20N2O2.C14H22N2O2.C11H15NOS.C10H14N2O2.2C10H15NS.C9H13NS.C8H17NOS/c18-17(11-15-7-3-1-4-8-15)12-19(14-20)21-13-16-9-5-2-6-10-16;18-16(11-14-7-3-1-4-8-14)12-17(20)19-21-13-15-9-5-2-6-10-15;1-12(2)8-14(15)9-16(11-17)18-10-13-6-4-3-5-7-13;1-9(13)14-8-11(12)7-10-5-3-2-4-6-10;11-9(7-10(13)12-14)6-8-4-2-1-3-5-8;2*11-10(6-7-12)8-9-4-2-1-3-5-9;10-9(7-11)6-8-4-2-1-3-5-8;1-6(2)4-8(9)5-11-7(3)10/h1-10,14,17H,11-13,18H2;1-10,16H,11-13,18H2,(H,19,20);3-7,11-12,14H,8-10,15H2,1-2H3;2-6,11H,7-8,12H2,1H3;1-5,9,14H,6-7,11H2,(H,12,13);2*1-5,10,12H,6-8,11H2;1-5,9,11H,6-7,10H2;6,8H,4-5,9H2,1-3H3. The Morgan fingerprint density at radius 3 is 0.858 bits per heavy atom. The molecule has 0 heterocycles. The number of nitrogens with zero attached hydrogens (tertiary/aromatic N) is 2. The Hall–Kier alpha value is -9.35. The molecular weight excluding hydrogens is 1780 g/mol. The SMILES string of the molecule is CC(=O)SCC(N)CC(C)C.CC(=O)SCC(N)Cc1ccccc1.CC(C)CC(N)CN(C=O)OCc1ccccc1.NC(CC(=O)NO)Cc1ccccc1.NC(CC(=O)NOCc1ccccc1)Cc1ccccc1.NC(CCS)Cc1ccccc1.NC(CCS)Cc1ccccc1.NC(CS)Cc1ccccc1.NC(Cc1ccccc1)CN(C=O)OCc1ccccc1. The Morgan fingerprint density at radius 1 is 0.336 bits per heavy atom. The van der Waals surface area contributed by atoms with Crippen LogP contribution in [-0.4, -0.2) is 146 Å². The quantitative estimate of drug-likeness (QED) is 0.00729. The summed E-state index contributed by atoms with van der Waals surface area (Å²) < 4.78 is 0. The van der Waals surface area contributed by atoms with Crippen LogP contribution in [-0.2, 0) is 108 Å². The van der Waals surface area contributed by atoms with Crippen molar-refractivity contribution in [3.05, 3.63) is 359 Å². The van der Waals surface area contributed by atoms with E-state index in [-0.39, 0.29) is 83.4 Å². The van der Waals surface area contributed by atoms with Crippen molar-refractivity contribution in [1.82, 2.24) is 21.1 Å². The molecule has 0 fully saturated rings.